The third kappa shape index (κ3) is 5.41. The fourth-order valence-electron chi connectivity index (χ4n) is 3.35. The van der Waals surface area contributed by atoms with Gasteiger partial charge >= 0.3 is 0 Å². The van der Waals surface area contributed by atoms with Gasteiger partial charge in [0.15, 0.2) is 0 Å². The lowest BCUT2D eigenvalue weighted by atomic mass is 9.97. The first kappa shape index (κ1) is 15.8. The first-order valence-corrected chi connectivity index (χ1v) is 8.29. The lowest BCUT2D eigenvalue weighted by Crippen LogP contribution is -2.35. The number of aliphatic hydroxyl groups is 1. The monoisotopic (exact) mass is 283 g/mol. The Bertz CT molecular complexity index is 294. The van der Waals surface area contributed by atoms with Crippen LogP contribution in [0.3, 0.4) is 0 Å². The Kier molecular flexibility index (Phi) is 6.30. The van der Waals surface area contributed by atoms with Crippen LogP contribution in [0.15, 0.2) is 0 Å². The van der Waals surface area contributed by atoms with E-state index in [0.717, 1.165) is 38.7 Å². The molecule has 20 heavy (non-hydrogen) atoms. The number of amides is 1. The van der Waals surface area contributed by atoms with Crippen LogP contribution in [0.25, 0.3) is 0 Å². The highest BCUT2D eigenvalue weighted by molar-refractivity contribution is 5.77. The zero-order chi connectivity index (χ0) is 14.3. The third-order valence-electron chi connectivity index (χ3n) is 4.57. The van der Waals surface area contributed by atoms with Crippen LogP contribution in [-0.4, -0.2) is 35.9 Å². The molecule has 0 bridgehead atoms. The summed E-state index contributed by atoms with van der Waals surface area (Å²) in [5.74, 6) is -0.0212. The quantitative estimate of drug-likeness (QED) is 0.706. The van der Waals surface area contributed by atoms with E-state index < -0.39 is 5.60 Å². The van der Waals surface area contributed by atoms with Crippen molar-refractivity contribution in [2.45, 2.75) is 82.3 Å². The molecule has 0 heterocycles. The molecule has 2 N–H and O–H groups in total. The predicted octanol–water partition coefficient (Wildman–Crippen LogP) is 2.54. The zero-order valence-electron chi connectivity index (χ0n) is 12.5. The maximum Gasteiger partial charge on any atom is 0.222 e. The van der Waals surface area contributed by atoms with Crippen LogP contribution in [0.4, 0.5) is 0 Å². The second kappa shape index (κ2) is 7.99. The summed E-state index contributed by atoms with van der Waals surface area (Å²) in [5.41, 5.74) is -0.733. The van der Waals surface area contributed by atoms with Gasteiger partial charge in [-0.15, -0.1) is 0 Å². The van der Waals surface area contributed by atoms with E-state index in [4.69, 9.17) is 4.74 Å². The molecule has 2 aliphatic rings. The minimum absolute atomic E-state index is 0.0212. The van der Waals surface area contributed by atoms with Gasteiger partial charge in [0.1, 0.15) is 0 Å². The minimum atomic E-state index is -0.733. The molecule has 0 aromatic heterocycles. The van der Waals surface area contributed by atoms with E-state index in [1.807, 2.05) is 0 Å². The van der Waals surface area contributed by atoms with E-state index in [9.17, 15) is 9.90 Å². The topological polar surface area (TPSA) is 58.6 Å². The Morgan fingerprint density at radius 2 is 1.85 bits per heavy atom. The molecule has 0 unspecified atom stereocenters. The van der Waals surface area contributed by atoms with E-state index in [-0.39, 0.29) is 12.3 Å². The van der Waals surface area contributed by atoms with Gasteiger partial charge in [0.2, 0.25) is 5.91 Å². The zero-order valence-corrected chi connectivity index (χ0v) is 12.5. The molecule has 0 spiro atoms. The van der Waals surface area contributed by atoms with E-state index in [2.05, 4.69) is 5.32 Å². The summed E-state index contributed by atoms with van der Waals surface area (Å²) in [6, 6.07) is 0. The molecule has 0 radical (unpaired) electrons. The van der Waals surface area contributed by atoms with Gasteiger partial charge in [-0.3, -0.25) is 4.79 Å². The van der Waals surface area contributed by atoms with E-state index in [1.54, 1.807) is 0 Å². The van der Waals surface area contributed by atoms with E-state index in [0.29, 0.717) is 12.6 Å². The van der Waals surface area contributed by atoms with Crippen molar-refractivity contribution in [3.63, 3.8) is 0 Å². The van der Waals surface area contributed by atoms with Gasteiger partial charge in [-0.2, -0.15) is 0 Å². The number of ether oxygens (including phenoxy) is 1. The molecule has 2 rings (SSSR count). The Balaban J connectivity index is 1.49. The SMILES string of the molecule is O=C(CC1(O)CCCC1)NCCCOC1CCCCC1. The molecular weight excluding hydrogens is 254 g/mol. The number of carbonyl (C=O) groups excluding carboxylic acids is 1. The molecule has 0 aromatic rings. The molecule has 0 atom stereocenters. The van der Waals surface area contributed by atoms with Crippen LogP contribution in [0, 0.1) is 0 Å². The van der Waals surface area contributed by atoms with Crippen molar-refractivity contribution in [3.8, 4) is 0 Å². The molecule has 2 saturated carbocycles. The van der Waals surface area contributed by atoms with Gasteiger partial charge in [0.05, 0.1) is 18.1 Å². The Hall–Kier alpha value is -0.610. The maximum atomic E-state index is 11.8. The number of nitrogens with one attached hydrogen (secondary N) is 1. The summed E-state index contributed by atoms with van der Waals surface area (Å²) >= 11 is 0. The van der Waals surface area contributed by atoms with Crippen LogP contribution in [0.1, 0.15) is 70.6 Å². The number of hydrogen-bond acceptors (Lipinski definition) is 3. The lowest BCUT2D eigenvalue weighted by Gasteiger charge is -2.22. The predicted molar refractivity (Wildman–Crippen MR) is 78.5 cm³/mol. The molecular formula is C16H29NO3. The third-order valence-corrected chi connectivity index (χ3v) is 4.57. The van der Waals surface area contributed by atoms with Crippen molar-refractivity contribution in [2.24, 2.45) is 0 Å². The smallest absolute Gasteiger partial charge is 0.222 e. The fourth-order valence-corrected chi connectivity index (χ4v) is 3.35. The molecule has 1 amide bonds. The molecule has 2 fully saturated rings. The Labute approximate surface area is 122 Å². The molecule has 2 aliphatic carbocycles. The summed E-state index contributed by atoms with van der Waals surface area (Å²) < 4.78 is 5.82. The standard InChI is InChI=1S/C16H29NO3/c18-15(13-16(19)9-4-5-10-16)17-11-6-12-20-14-7-2-1-3-8-14/h14,19H,1-13H2,(H,17,18). The van der Waals surface area contributed by atoms with Gasteiger partial charge < -0.3 is 15.2 Å². The first-order valence-electron chi connectivity index (χ1n) is 8.29. The highest BCUT2D eigenvalue weighted by Gasteiger charge is 2.33. The van der Waals surface area contributed by atoms with Crippen molar-refractivity contribution in [3.05, 3.63) is 0 Å². The molecule has 0 saturated heterocycles. The van der Waals surface area contributed by atoms with Crippen LogP contribution in [0.2, 0.25) is 0 Å². The largest absolute Gasteiger partial charge is 0.389 e. The molecule has 0 aliphatic heterocycles. The molecule has 4 nitrogen and oxygen atoms in total. The Morgan fingerprint density at radius 1 is 1.15 bits per heavy atom. The van der Waals surface area contributed by atoms with Crippen LogP contribution in [-0.2, 0) is 9.53 Å². The van der Waals surface area contributed by atoms with Crippen molar-refractivity contribution < 1.29 is 14.6 Å². The van der Waals surface area contributed by atoms with E-state index >= 15 is 0 Å². The normalized spacial score (nSPS) is 22.9. The molecule has 0 aromatic carbocycles. The molecule has 116 valence electrons. The Morgan fingerprint density at radius 3 is 2.55 bits per heavy atom. The molecule has 4 heteroatoms. The van der Waals surface area contributed by atoms with Crippen LogP contribution < -0.4 is 5.32 Å². The number of hydrogen-bond donors (Lipinski definition) is 2. The van der Waals surface area contributed by atoms with Crippen molar-refractivity contribution in [1.29, 1.82) is 0 Å². The van der Waals surface area contributed by atoms with Gasteiger partial charge in [0.25, 0.3) is 0 Å². The maximum absolute atomic E-state index is 11.8. The summed E-state index contributed by atoms with van der Waals surface area (Å²) in [5, 5.41) is 13.0. The van der Waals surface area contributed by atoms with Gasteiger partial charge in [-0.25, -0.2) is 0 Å². The van der Waals surface area contributed by atoms with Crippen LogP contribution in [0.5, 0.6) is 0 Å². The van der Waals surface area contributed by atoms with Crippen molar-refractivity contribution >= 4 is 5.91 Å². The van der Waals surface area contributed by atoms with Gasteiger partial charge in [-0.1, -0.05) is 32.1 Å². The lowest BCUT2D eigenvalue weighted by molar-refractivity contribution is -0.125. The highest BCUT2D eigenvalue weighted by Crippen LogP contribution is 2.32. The van der Waals surface area contributed by atoms with Gasteiger partial charge in [-0.05, 0) is 32.1 Å². The summed E-state index contributed by atoms with van der Waals surface area (Å²) in [4.78, 5) is 11.8. The first-order chi connectivity index (χ1) is 9.68. The fraction of sp³-hybridized carbons (Fsp3) is 0.938. The number of rotatable bonds is 7. The van der Waals surface area contributed by atoms with Crippen molar-refractivity contribution in [2.75, 3.05) is 13.2 Å². The summed E-state index contributed by atoms with van der Waals surface area (Å²) in [6.07, 6.45) is 11.5. The second-order valence-electron chi connectivity index (χ2n) is 6.44. The average molecular weight is 283 g/mol. The summed E-state index contributed by atoms with van der Waals surface area (Å²) in [7, 11) is 0. The highest BCUT2D eigenvalue weighted by atomic mass is 16.5. The van der Waals surface area contributed by atoms with Gasteiger partial charge in [0, 0.05) is 13.2 Å². The minimum Gasteiger partial charge on any atom is -0.389 e. The van der Waals surface area contributed by atoms with Crippen LogP contribution >= 0.6 is 0 Å². The van der Waals surface area contributed by atoms with E-state index in [1.165, 1.54) is 32.1 Å². The second-order valence-corrected chi connectivity index (χ2v) is 6.44. The average Bonchev–Trinajstić information content (AvgIpc) is 2.86. The number of carbonyl (C=O) groups is 1. The summed E-state index contributed by atoms with van der Waals surface area (Å²) in [6.45, 7) is 1.39. The van der Waals surface area contributed by atoms with Crippen molar-refractivity contribution in [1.82, 2.24) is 5.32 Å².